The average Bonchev–Trinajstić information content (AvgIpc) is 3.01. The molecule has 4 nitrogen and oxygen atoms in total. The molecular weight excluding hydrogens is 473 g/mol. The monoisotopic (exact) mass is 485 g/mol. The molecule has 0 aromatic heterocycles. The van der Waals surface area contributed by atoms with Crippen molar-refractivity contribution in [2.75, 3.05) is 6.54 Å². The van der Waals surface area contributed by atoms with Gasteiger partial charge in [-0.15, -0.1) is 0 Å². The highest BCUT2D eigenvalue weighted by atomic mass is 79.9. The van der Waals surface area contributed by atoms with E-state index in [-0.39, 0.29) is 16.1 Å². The Morgan fingerprint density at radius 2 is 1.57 bits per heavy atom. The van der Waals surface area contributed by atoms with E-state index in [1.54, 1.807) is 0 Å². The molecule has 28 heavy (non-hydrogen) atoms. The van der Waals surface area contributed by atoms with Gasteiger partial charge in [0.1, 0.15) is 17.4 Å². The van der Waals surface area contributed by atoms with E-state index in [4.69, 9.17) is 0 Å². The zero-order chi connectivity index (χ0) is 20.9. The molecule has 0 bridgehead atoms. The molecular formula is C17H13BrF5NO3S. The summed E-state index contributed by atoms with van der Waals surface area (Å²) in [5.74, 6) is -1.46. The first-order valence-corrected chi connectivity index (χ1v) is 10.0. The van der Waals surface area contributed by atoms with Crippen LogP contribution in [0.1, 0.15) is 12.0 Å². The van der Waals surface area contributed by atoms with Crippen LogP contribution in [0.5, 0.6) is 5.75 Å². The average molecular weight is 486 g/mol. The number of hydrogen-bond donors (Lipinski definition) is 0. The zero-order valence-electron chi connectivity index (χ0n) is 14.0. The fourth-order valence-corrected chi connectivity index (χ4v) is 3.20. The third-order valence-corrected chi connectivity index (χ3v) is 5.28. The zero-order valence-corrected chi connectivity index (χ0v) is 16.4. The number of benzene rings is 2. The van der Waals surface area contributed by atoms with E-state index >= 15 is 0 Å². The molecule has 0 spiro atoms. The van der Waals surface area contributed by atoms with Gasteiger partial charge < -0.3 is 4.18 Å². The first-order valence-electron chi connectivity index (χ1n) is 7.71. The van der Waals surface area contributed by atoms with Crippen LogP contribution >= 0.6 is 15.9 Å². The summed E-state index contributed by atoms with van der Waals surface area (Å²) in [6.07, 6.45) is 0.795. The van der Waals surface area contributed by atoms with Gasteiger partial charge >= 0.3 is 15.6 Å². The highest BCUT2D eigenvalue weighted by Gasteiger charge is 2.48. The molecule has 0 amide bonds. The van der Waals surface area contributed by atoms with Crippen LogP contribution in [-0.4, -0.2) is 31.0 Å². The van der Waals surface area contributed by atoms with Crippen LogP contribution in [0.2, 0.25) is 0 Å². The number of nitrogens with zero attached hydrogens (tertiary/aromatic N) is 1. The van der Waals surface area contributed by atoms with E-state index in [9.17, 15) is 30.4 Å². The minimum absolute atomic E-state index is 0.00637. The molecule has 3 rings (SSSR count). The third-order valence-electron chi connectivity index (χ3n) is 3.41. The second-order valence-corrected chi connectivity index (χ2v) is 8.06. The van der Waals surface area contributed by atoms with Gasteiger partial charge in [0, 0.05) is 6.54 Å². The van der Waals surface area contributed by atoms with E-state index in [0.717, 1.165) is 18.6 Å². The largest absolute Gasteiger partial charge is 0.534 e. The lowest BCUT2D eigenvalue weighted by molar-refractivity contribution is -0.0500. The van der Waals surface area contributed by atoms with Crippen molar-refractivity contribution < 1.29 is 34.6 Å². The van der Waals surface area contributed by atoms with E-state index in [1.807, 2.05) is 0 Å². The summed E-state index contributed by atoms with van der Waals surface area (Å²) < 4.78 is 86.8. The quantitative estimate of drug-likeness (QED) is 0.270. The first kappa shape index (κ1) is 22.3. The molecule has 1 aliphatic rings. The van der Waals surface area contributed by atoms with Crippen LogP contribution in [0.3, 0.4) is 0 Å². The number of rotatable bonds is 3. The maximum atomic E-state index is 13.3. The summed E-state index contributed by atoms with van der Waals surface area (Å²) in [6, 6.07) is 10.3. The molecule has 0 aliphatic carbocycles. The number of alkyl halides is 4. The Hall–Kier alpha value is -2.01. The molecule has 1 aliphatic heterocycles. The lowest BCUT2D eigenvalue weighted by Gasteiger charge is -2.08. The molecule has 1 unspecified atom stereocenters. The SMILES string of the molecule is Fc1cccc(F)c1C1=NCCC1Br.O=S(=O)(Oc1ccccc1)C(F)(F)F. The van der Waals surface area contributed by atoms with Gasteiger partial charge in [0.2, 0.25) is 0 Å². The molecule has 2 aromatic carbocycles. The van der Waals surface area contributed by atoms with Gasteiger partial charge in [0.05, 0.1) is 16.1 Å². The van der Waals surface area contributed by atoms with Gasteiger partial charge in [0.15, 0.2) is 0 Å². The van der Waals surface area contributed by atoms with Crippen LogP contribution in [-0.2, 0) is 10.1 Å². The van der Waals surface area contributed by atoms with Crippen molar-refractivity contribution in [3.05, 3.63) is 65.7 Å². The summed E-state index contributed by atoms with van der Waals surface area (Å²) in [5.41, 5.74) is -4.91. The predicted octanol–water partition coefficient (Wildman–Crippen LogP) is 4.84. The van der Waals surface area contributed by atoms with E-state index in [0.29, 0.717) is 12.3 Å². The minimum atomic E-state index is -5.55. The highest BCUT2D eigenvalue weighted by Crippen LogP contribution is 2.26. The van der Waals surface area contributed by atoms with Crippen molar-refractivity contribution >= 4 is 31.8 Å². The molecule has 0 N–H and O–H groups in total. The van der Waals surface area contributed by atoms with Crippen molar-refractivity contribution in [2.45, 2.75) is 16.8 Å². The fraction of sp³-hybridized carbons (Fsp3) is 0.235. The number of halogens is 6. The summed E-state index contributed by atoms with van der Waals surface area (Å²) >= 11 is 3.35. The number of hydrogen-bond acceptors (Lipinski definition) is 4. The second kappa shape index (κ2) is 8.99. The van der Waals surface area contributed by atoms with Crippen molar-refractivity contribution in [3.63, 3.8) is 0 Å². The Morgan fingerprint density at radius 3 is 2.04 bits per heavy atom. The molecule has 2 aromatic rings. The molecule has 11 heteroatoms. The van der Waals surface area contributed by atoms with Gasteiger partial charge in [-0.2, -0.15) is 21.6 Å². The maximum absolute atomic E-state index is 13.3. The van der Waals surface area contributed by atoms with Crippen LogP contribution in [0.15, 0.2) is 53.5 Å². The van der Waals surface area contributed by atoms with E-state index in [2.05, 4.69) is 25.1 Å². The Kier molecular flexibility index (Phi) is 7.16. The molecule has 0 saturated carbocycles. The summed E-state index contributed by atoms with van der Waals surface area (Å²) in [7, 11) is -5.55. The summed E-state index contributed by atoms with van der Waals surface area (Å²) in [4.78, 5) is 4.06. The molecule has 152 valence electrons. The minimum Gasteiger partial charge on any atom is -0.376 e. The lowest BCUT2D eigenvalue weighted by atomic mass is 10.1. The Balaban J connectivity index is 0.000000200. The van der Waals surface area contributed by atoms with Crippen molar-refractivity contribution in [3.8, 4) is 5.75 Å². The van der Waals surface area contributed by atoms with E-state index < -0.39 is 27.3 Å². The Labute approximate surface area is 166 Å². The third kappa shape index (κ3) is 5.51. The van der Waals surface area contributed by atoms with Gasteiger partial charge in [-0.1, -0.05) is 40.2 Å². The second-order valence-electron chi connectivity index (χ2n) is 5.42. The van der Waals surface area contributed by atoms with Gasteiger partial charge in [-0.3, -0.25) is 4.99 Å². The van der Waals surface area contributed by atoms with Gasteiger partial charge in [-0.05, 0) is 30.7 Å². The summed E-state index contributed by atoms with van der Waals surface area (Å²) in [6.45, 7) is 0.624. The number of para-hydroxylation sites is 1. The maximum Gasteiger partial charge on any atom is 0.534 e. The van der Waals surface area contributed by atoms with Crippen molar-refractivity contribution in [1.29, 1.82) is 0 Å². The lowest BCUT2D eigenvalue weighted by Crippen LogP contribution is -2.27. The Morgan fingerprint density at radius 1 is 1.00 bits per heavy atom. The fourth-order valence-electron chi connectivity index (χ4n) is 2.16. The molecule has 1 heterocycles. The Bertz CT molecular complexity index is 929. The predicted molar refractivity (Wildman–Crippen MR) is 97.1 cm³/mol. The standard InChI is InChI=1S/C10H8BrF2N.C7H5F3O3S/c11-6-4-5-14-10(6)9-7(12)2-1-3-8(9)13;8-7(9,10)14(11,12)13-6-4-2-1-3-5-6/h1-3,6H,4-5H2;1-5H. The first-order chi connectivity index (χ1) is 13.0. The van der Waals surface area contributed by atoms with Gasteiger partial charge in [0.25, 0.3) is 0 Å². The van der Waals surface area contributed by atoms with Crippen molar-refractivity contribution in [1.82, 2.24) is 0 Å². The van der Waals surface area contributed by atoms with Crippen LogP contribution in [0.4, 0.5) is 22.0 Å². The molecule has 0 radical (unpaired) electrons. The molecule has 0 saturated heterocycles. The smallest absolute Gasteiger partial charge is 0.376 e. The molecule has 1 atom stereocenters. The normalized spacial score (nSPS) is 16.8. The van der Waals surface area contributed by atoms with E-state index in [1.165, 1.54) is 36.4 Å². The van der Waals surface area contributed by atoms with Crippen molar-refractivity contribution in [2.24, 2.45) is 4.99 Å². The topological polar surface area (TPSA) is 55.7 Å². The number of aliphatic imine (C=N–C) groups is 1. The van der Waals surface area contributed by atoms with Crippen LogP contribution < -0.4 is 4.18 Å². The summed E-state index contributed by atoms with van der Waals surface area (Å²) in [5, 5.41) is 0. The van der Waals surface area contributed by atoms with Crippen LogP contribution in [0.25, 0.3) is 0 Å². The molecule has 0 fully saturated rings. The highest BCUT2D eigenvalue weighted by molar-refractivity contribution is 9.10. The van der Waals surface area contributed by atoms with Gasteiger partial charge in [-0.25, -0.2) is 8.78 Å². The van der Waals surface area contributed by atoms with Crippen LogP contribution in [0, 0.1) is 11.6 Å².